The summed E-state index contributed by atoms with van der Waals surface area (Å²) in [6.07, 6.45) is 0.363. The fourth-order valence-corrected chi connectivity index (χ4v) is 4.48. The number of nitro benzene ring substituents is 1. The minimum atomic E-state index is -0.993. The summed E-state index contributed by atoms with van der Waals surface area (Å²) in [6.45, 7) is 2.99. The molecule has 8 nitrogen and oxygen atoms in total. The van der Waals surface area contributed by atoms with E-state index in [1.165, 1.54) is 28.8 Å². The highest BCUT2D eigenvalue weighted by Gasteiger charge is 2.55. The van der Waals surface area contributed by atoms with Gasteiger partial charge in [0.05, 0.1) is 22.5 Å². The molecule has 0 bridgehead atoms. The predicted molar refractivity (Wildman–Crippen MR) is 94.4 cm³/mol. The highest BCUT2D eigenvalue weighted by molar-refractivity contribution is 7.99. The first-order chi connectivity index (χ1) is 12.4. The third-order valence-electron chi connectivity index (χ3n) is 5.12. The summed E-state index contributed by atoms with van der Waals surface area (Å²) >= 11 is 1.43. The topological polar surface area (TPSA) is 110 Å². The van der Waals surface area contributed by atoms with E-state index in [0.29, 0.717) is 30.3 Å². The second-order valence-electron chi connectivity index (χ2n) is 6.54. The monoisotopic (exact) mass is 380 g/mol. The summed E-state index contributed by atoms with van der Waals surface area (Å²) in [5.74, 6) is -0.824. The quantitative estimate of drug-likeness (QED) is 0.474. The Hall–Kier alpha value is -2.13. The maximum absolute atomic E-state index is 13.1. The number of hydrogen-bond acceptors (Lipinski definition) is 6. The Balaban J connectivity index is 1.93. The van der Waals surface area contributed by atoms with Crippen molar-refractivity contribution in [1.82, 2.24) is 4.90 Å². The van der Waals surface area contributed by atoms with Crippen molar-refractivity contribution in [3.63, 3.8) is 0 Å². The van der Waals surface area contributed by atoms with E-state index in [1.54, 1.807) is 6.07 Å². The number of likely N-dealkylation sites (tertiary alicyclic amines) is 1. The number of ether oxygens (including phenoxy) is 1. The average Bonchev–Trinajstić information content (AvgIpc) is 3.02. The Bertz CT molecular complexity index is 755. The highest BCUT2D eigenvalue weighted by Crippen LogP contribution is 2.43. The average molecular weight is 380 g/mol. The zero-order valence-electron chi connectivity index (χ0n) is 14.3. The maximum Gasteiger partial charge on any atom is 0.311 e. The number of hydrogen-bond donors (Lipinski definition) is 1. The minimum Gasteiger partial charge on any atom is -0.481 e. The van der Waals surface area contributed by atoms with Gasteiger partial charge in [-0.2, -0.15) is 0 Å². The summed E-state index contributed by atoms with van der Waals surface area (Å²) in [6, 6.07) is 4.25. The molecule has 0 aliphatic carbocycles. The van der Waals surface area contributed by atoms with Crippen LogP contribution in [0.25, 0.3) is 0 Å². The van der Waals surface area contributed by atoms with Crippen molar-refractivity contribution in [2.24, 2.45) is 11.3 Å². The van der Waals surface area contributed by atoms with E-state index in [2.05, 4.69) is 0 Å². The number of thioether (sulfide) groups is 1. The molecule has 1 aromatic rings. The lowest BCUT2D eigenvalue weighted by molar-refractivity contribution is -0.384. The number of fused-ring (bicyclic) bond motifs is 1. The minimum absolute atomic E-state index is 0.105. The maximum atomic E-state index is 13.1. The molecule has 2 saturated heterocycles. The van der Waals surface area contributed by atoms with Crippen LogP contribution < -0.4 is 0 Å². The number of nitro groups is 1. The number of nitrogens with zero attached hydrogens (tertiary/aromatic N) is 2. The van der Waals surface area contributed by atoms with E-state index >= 15 is 0 Å². The van der Waals surface area contributed by atoms with Crippen molar-refractivity contribution in [2.45, 2.75) is 18.2 Å². The molecule has 3 rings (SSSR count). The molecule has 140 valence electrons. The van der Waals surface area contributed by atoms with E-state index in [1.807, 2.05) is 6.92 Å². The van der Waals surface area contributed by atoms with Crippen LogP contribution in [0.5, 0.6) is 0 Å². The molecule has 2 heterocycles. The molecule has 2 fully saturated rings. The van der Waals surface area contributed by atoms with Crippen LogP contribution in [0.1, 0.15) is 23.7 Å². The number of carbonyl (C=O) groups is 2. The Kier molecular flexibility index (Phi) is 5.19. The lowest BCUT2D eigenvalue weighted by Crippen LogP contribution is -2.45. The van der Waals surface area contributed by atoms with Gasteiger partial charge in [0.2, 0.25) is 0 Å². The molecular formula is C17H20N2O6S. The Labute approximate surface area is 154 Å². The van der Waals surface area contributed by atoms with Crippen LogP contribution in [0.4, 0.5) is 5.69 Å². The highest BCUT2D eigenvalue weighted by atomic mass is 32.2. The fraction of sp³-hybridized carbons (Fsp3) is 0.529. The van der Waals surface area contributed by atoms with Crippen LogP contribution >= 0.6 is 11.8 Å². The molecule has 1 amide bonds. The summed E-state index contributed by atoms with van der Waals surface area (Å²) in [7, 11) is 0. The smallest absolute Gasteiger partial charge is 0.311 e. The third kappa shape index (κ3) is 3.16. The van der Waals surface area contributed by atoms with E-state index < -0.39 is 16.3 Å². The number of benzene rings is 1. The predicted octanol–water partition coefficient (Wildman–Crippen LogP) is 2.27. The molecule has 2 aliphatic rings. The number of amides is 1. The van der Waals surface area contributed by atoms with E-state index in [9.17, 15) is 24.8 Å². The molecule has 0 radical (unpaired) electrons. The van der Waals surface area contributed by atoms with E-state index in [4.69, 9.17) is 4.74 Å². The molecule has 1 aromatic carbocycles. The van der Waals surface area contributed by atoms with Crippen LogP contribution in [0.2, 0.25) is 0 Å². The molecule has 0 saturated carbocycles. The van der Waals surface area contributed by atoms with E-state index in [0.717, 1.165) is 0 Å². The molecule has 2 aliphatic heterocycles. The summed E-state index contributed by atoms with van der Waals surface area (Å²) < 4.78 is 5.41. The SMILES string of the molecule is CCSc1ccc([N+](=O)[O-])cc1C(=O)N1C[C@H]2COCC[C@@]2(C(=O)O)C1. The first-order valence-electron chi connectivity index (χ1n) is 8.40. The number of carboxylic acid groups (broad SMARTS) is 1. The van der Waals surface area contributed by atoms with Crippen LogP contribution in [0.3, 0.4) is 0 Å². The summed E-state index contributed by atoms with van der Waals surface area (Å²) in [5.41, 5.74) is -0.889. The van der Waals surface area contributed by atoms with Crippen molar-refractivity contribution in [2.75, 3.05) is 32.1 Å². The Morgan fingerprint density at radius 1 is 1.50 bits per heavy atom. The van der Waals surface area contributed by atoms with Crippen LogP contribution in [0.15, 0.2) is 23.1 Å². The zero-order chi connectivity index (χ0) is 18.9. The van der Waals surface area contributed by atoms with Gasteiger partial charge in [-0.25, -0.2) is 0 Å². The summed E-state index contributed by atoms with van der Waals surface area (Å²) in [4.78, 5) is 37.7. The van der Waals surface area contributed by atoms with Crippen molar-refractivity contribution < 1.29 is 24.4 Å². The Morgan fingerprint density at radius 3 is 2.88 bits per heavy atom. The molecule has 26 heavy (non-hydrogen) atoms. The standard InChI is InChI=1S/C17H20N2O6S/c1-2-26-14-4-3-12(19(23)24)7-13(14)15(20)18-8-11-9-25-6-5-17(11,10-18)16(21)22/h3-4,7,11H,2,5-6,8-10H2,1H3,(H,21,22)/t11-,17+/m0/s1. The van der Waals surface area contributed by atoms with Crippen molar-refractivity contribution in [3.8, 4) is 0 Å². The lowest BCUT2D eigenvalue weighted by Gasteiger charge is -2.33. The van der Waals surface area contributed by atoms with Gasteiger partial charge in [0.1, 0.15) is 0 Å². The fourth-order valence-electron chi connectivity index (χ4n) is 3.70. The number of carboxylic acids is 1. The molecule has 2 atom stereocenters. The van der Waals surface area contributed by atoms with Gasteiger partial charge in [-0.3, -0.25) is 19.7 Å². The zero-order valence-corrected chi connectivity index (χ0v) is 15.2. The third-order valence-corrected chi connectivity index (χ3v) is 6.08. The number of carbonyl (C=O) groups excluding carboxylic acids is 1. The first kappa shape index (κ1) is 18.7. The van der Waals surface area contributed by atoms with Gasteiger partial charge >= 0.3 is 5.97 Å². The molecule has 0 spiro atoms. The second kappa shape index (κ2) is 7.24. The second-order valence-corrected chi connectivity index (χ2v) is 7.85. The van der Waals surface area contributed by atoms with Gasteiger partial charge in [-0.1, -0.05) is 6.92 Å². The van der Waals surface area contributed by atoms with Gasteiger partial charge in [0.25, 0.3) is 11.6 Å². The van der Waals surface area contributed by atoms with Crippen LogP contribution in [-0.4, -0.2) is 58.9 Å². The molecule has 9 heteroatoms. The number of rotatable bonds is 5. The molecule has 1 N–H and O–H groups in total. The Morgan fingerprint density at radius 2 is 2.27 bits per heavy atom. The lowest BCUT2D eigenvalue weighted by atomic mass is 9.74. The van der Waals surface area contributed by atoms with Gasteiger partial charge in [0.15, 0.2) is 0 Å². The van der Waals surface area contributed by atoms with Crippen LogP contribution in [-0.2, 0) is 9.53 Å². The first-order valence-corrected chi connectivity index (χ1v) is 9.39. The van der Waals surface area contributed by atoms with Crippen molar-refractivity contribution >= 4 is 29.3 Å². The van der Waals surface area contributed by atoms with Crippen molar-refractivity contribution in [1.29, 1.82) is 0 Å². The molecular weight excluding hydrogens is 360 g/mol. The van der Waals surface area contributed by atoms with Gasteiger partial charge in [-0.15, -0.1) is 11.8 Å². The number of aliphatic carboxylic acids is 1. The largest absolute Gasteiger partial charge is 0.481 e. The van der Waals surface area contributed by atoms with Crippen molar-refractivity contribution in [3.05, 3.63) is 33.9 Å². The normalized spacial score (nSPS) is 25.0. The van der Waals surface area contributed by atoms with E-state index in [-0.39, 0.29) is 36.2 Å². The van der Waals surface area contributed by atoms with Gasteiger partial charge in [0, 0.05) is 42.6 Å². The van der Waals surface area contributed by atoms with Gasteiger partial charge < -0.3 is 14.7 Å². The number of non-ortho nitro benzene ring substituents is 1. The van der Waals surface area contributed by atoms with Crippen LogP contribution in [0, 0.1) is 21.4 Å². The summed E-state index contributed by atoms with van der Waals surface area (Å²) in [5, 5.41) is 20.8. The molecule has 0 aromatic heterocycles. The van der Waals surface area contributed by atoms with Gasteiger partial charge in [-0.05, 0) is 18.2 Å². The molecule has 0 unspecified atom stereocenters.